The lowest BCUT2D eigenvalue weighted by atomic mass is 10.2. The fraction of sp³-hybridized carbons (Fsp3) is 0.308. The molecule has 1 heterocycles. The molecule has 0 aliphatic carbocycles. The molecule has 2 aromatic rings. The van der Waals surface area contributed by atoms with Crippen molar-refractivity contribution in [1.82, 2.24) is 4.98 Å². The van der Waals surface area contributed by atoms with E-state index in [-0.39, 0.29) is 6.10 Å². The molecule has 0 radical (unpaired) electrons. The van der Waals surface area contributed by atoms with Crippen molar-refractivity contribution in [3.05, 3.63) is 34.7 Å². The van der Waals surface area contributed by atoms with Gasteiger partial charge in [-0.05, 0) is 45.0 Å². The highest BCUT2D eigenvalue weighted by Gasteiger charge is 2.02. The van der Waals surface area contributed by atoms with E-state index in [0.717, 1.165) is 22.0 Å². The smallest absolute Gasteiger partial charge is 0.119 e. The van der Waals surface area contributed by atoms with Crippen LogP contribution in [0.4, 0.5) is 0 Å². The lowest BCUT2D eigenvalue weighted by Gasteiger charge is -2.09. The largest absolute Gasteiger partial charge is 0.491 e. The molecule has 0 saturated heterocycles. The molecule has 0 amide bonds. The number of rotatable bonds is 3. The van der Waals surface area contributed by atoms with E-state index in [1.54, 1.807) is 11.3 Å². The number of nitrogens with zero attached hydrogens (tertiary/aromatic N) is 1. The van der Waals surface area contributed by atoms with Gasteiger partial charge < -0.3 is 4.74 Å². The van der Waals surface area contributed by atoms with Gasteiger partial charge in [-0.25, -0.2) is 4.98 Å². The van der Waals surface area contributed by atoms with Crippen molar-refractivity contribution in [2.75, 3.05) is 0 Å². The van der Waals surface area contributed by atoms with Gasteiger partial charge in [-0.15, -0.1) is 11.3 Å². The van der Waals surface area contributed by atoms with Crippen LogP contribution in [0, 0.1) is 6.92 Å². The number of aryl methyl sites for hydroxylation is 1. The van der Waals surface area contributed by atoms with Crippen molar-refractivity contribution in [2.45, 2.75) is 26.9 Å². The van der Waals surface area contributed by atoms with Gasteiger partial charge in [-0.3, -0.25) is 0 Å². The average Bonchev–Trinajstić information content (AvgIpc) is 2.65. The first-order valence-electron chi connectivity index (χ1n) is 5.34. The van der Waals surface area contributed by atoms with E-state index >= 15 is 0 Å². The average molecular weight is 233 g/mol. The van der Waals surface area contributed by atoms with Gasteiger partial charge in [0.05, 0.1) is 16.8 Å². The van der Waals surface area contributed by atoms with Gasteiger partial charge in [-0.2, -0.15) is 0 Å². The number of thiazole rings is 1. The Balaban J connectivity index is 2.19. The SMILES string of the molecule is Cc1nc(-c2ccc(OC(C)C)cc2)cs1. The van der Waals surface area contributed by atoms with E-state index in [1.165, 1.54) is 0 Å². The zero-order chi connectivity index (χ0) is 11.5. The van der Waals surface area contributed by atoms with Gasteiger partial charge in [0.1, 0.15) is 5.75 Å². The highest BCUT2D eigenvalue weighted by molar-refractivity contribution is 7.09. The van der Waals surface area contributed by atoms with Crippen molar-refractivity contribution in [3.63, 3.8) is 0 Å². The maximum atomic E-state index is 5.59. The predicted molar refractivity (Wildman–Crippen MR) is 68.1 cm³/mol. The highest BCUT2D eigenvalue weighted by atomic mass is 32.1. The summed E-state index contributed by atoms with van der Waals surface area (Å²) in [5.41, 5.74) is 2.18. The van der Waals surface area contributed by atoms with Gasteiger partial charge in [0.25, 0.3) is 0 Å². The van der Waals surface area contributed by atoms with Gasteiger partial charge in [0, 0.05) is 10.9 Å². The summed E-state index contributed by atoms with van der Waals surface area (Å²) in [7, 11) is 0. The summed E-state index contributed by atoms with van der Waals surface area (Å²) < 4.78 is 5.59. The second-order valence-corrected chi connectivity index (χ2v) is 5.00. The number of hydrogen-bond donors (Lipinski definition) is 0. The summed E-state index contributed by atoms with van der Waals surface area (Å²) >= 11 is 1.67. The third kappa shape index (κ3) is 2.61. The van der Waals surface area contributed by atoms with Crippen LogP contribution in [0.2, 0.25) is 0 Å². The van der Waals surface area contributed by atoms with Gasteiger partial charge in [0.2, 0.25) is 0 Å². The van der Waals surface area contributed by atoms with Crippen molar-refractivity contribution < 1.29 is 4.74 Å². The maximum absolute atomic E-state index is 5.59. The molecule has 1 aromatic heterocycles. The number of benzene rings is 1. The molecule has 2 rings (SSSR count). The predicted octanol–water partition coefficient (Wildman–Crippen LogP) is 3.91. The number of ether oxygens (including phenoxy) is 1. The summed E-state index contributed by atoms with van der Waals surface area (Å²) in [5, 5.41) is 3.17. The van der Waals surface area contributed by atoms with Gasteiger partial charge in [0.15, 0.2) is 0 Å². The molecule has 3 heteroatoms. The monoisotopic (exact) mass is 233 g/mol. The molecule has 0 spiro atoms. The Morgan fingerprint density at radius 1 is 1.19 bits per heavy atom. The minimum atomic E-state index is 0.215. The molecular weight excluding hydrogens is 218 g/mol. The third-order valence-electron chi connectivity index (χ3n) is 2.14. The first kappa shape index (κ1) is 11.1. The van der Waals surface area contributed by atoms with Crippen LogP contribution in [0.5, 0.6) is 5.75 Å². The molecule has 0 N–H and O–H groups in total. The van der Waals surface area contributed by atoms with Crippen molar-refractivity contribution in [2.24, 2.45) is 0 Å². The van der Waals surface area contributed by atoms with Crippen molar-refractivity contribution in [3.8, 4) is 17.0 Å². The quantitative estimate of drug-likeness (QED) is 0.802. The standard InChI is InChI=1S/C13H15NOS/c1-9(2)15-12-6-4-11(5-7-12)13-8-16-10(3)14-13/h4-9H,1-3H3. The summed E-state index contributed by atoms with van der Waals surface area (Å²) in [6.07, 6.45) is 0.215. The summed E-state index contributed by atoms with van der Waals surface area (Å²) in [4.78, 5) is 4.45. The molecule has 16 heavy (non-hydrogen) atoms. The third-order valence-corrected chi connectivity index (χ3v) is 2.91. The number of hydrogen-bond acceptors (Lipinski definition) is 3. The molecule has 1 aromatic carbocycles. The van der Waals surface area contributed by atoms with E-state index in [0.29, 0.717) is 0 Å². The van der Waals surface area contributed by atoms with Crippen LogP contribution in [-0.2, 0) is 0 Å². The van der Waals surface area contributed by atoms with Crippen LogP contribution < -0.4 is 4.74 Å². The van der Waals surface area contributed by atoms with Crippen LogP contribution in [0.25, 0.3) is 11.3 Å². The Labute approximate surface area is 99.9 Å². The molecule has 0 aliphatic heterocycles. The van der Waals surface area contributed by atoms with E-state index in [1.807, 2.05) is 45.0 Å². The highest BCUT2D eigenvalue weighted by Crippen LogP contribution is 2.24. The zero-order valence-electron chi connectivity index (χ0n) is 9.73. The molecule has 0 unspecified atom stereocenters. The minimum Gasteiger partial charge on any atom is -0.491 e. The Bertz CT molecular complexity index is 459. The summed E-state index contributed by atoms with van der Waals surface area (Å²) in [5.74, 6) is 0.908. The minimum absolute atomic E-state index is 0.215. The van der Waals surface area contributed by atoms with Gasteiger partial charge >= 0.3 is 0 Å². The molecule has 0 aliphatic rings. The van der Waals surface area contributed by atoms with Crippen LogP contribution in [0.1, 0.15) is 18.9 Å². The molecular formula is C13H15NOS. The molecule has 0 bridgehead atoms. The Morgan fingerprint density at radius 3 is 2.38 bits per heavy atom. The second kappa shape index (κ2) is 4.66. The van der Waals surface area contributed by atoms with E-state index in [4.69, 9.17) is 4.74 Å². The van der Waals surface area contributed by atoms with Crippen LogP contribution in [-0.4, -0.2) is 11.1 Å². The Kier molecular flexibility index (Phi) is 3.25. The summed E-state index contributed by atoms with van der Waals surface area (Å²) in [6.45, 7) is 6.07. The van der Waals surface area contributed by atoms with Crippen molar-refractivity contribution >= 4 is 11.3 Å². The fourth-order valence-electron chi connectivity index (χ4n) is 1.47. The molecule has 0 atom stereocenters. The van der Waals surface area contributed by atoms with Crippen LogP contribution in [0.15, 0.2) is 29.6 Å². The Hall–Kier alpha value is -1.35. The first-order chi connectivity index (χ1) is 7.65. The Morgan fingerprint density at radius 2 is 1.88 bits per heavy atom. The zero-order valence-corrected chi connectivity index (χ0v) is 10.5. The van der Waals surface area contributed by atoms with Crippen LogP contribution in [0.3, 0.4) is 0 Å². The summed E-state index contributed by atoms with van der Waals surface area (Å²) in [6, 6.07) is 8.08. The topological polar surface area (TPSA) is 22.1 Å². The van der Waals surface area contributed by atoms with Crippen molar-refractivity contribution in [1.29, 1.82) is 0 Å². The van der Waals surface area contributed by atoms with E-state index in [9.17, 15) is 0 Å². The molecule has 0 fully saturated rings. The number of aromatic nitrogens is 1. The molecule has 84 valence electrons. The second-order valence-electron chi connectivity index (χ2n) is 3.94. The van der Waals surface area contributed by atoms with E-state index < -0.39 is 0 Å². The van der Waals surface area contributed by atoms with E-state index in [2.05, 4.69) is 10.4 Å². The van der Waals surface area contributed by atoms with Crippen LogP contribution >= 0.6 is 11.3 Å². The normalized spacial score (nSPS) is 10.8. The fourth-order valence-corrected chi connectivity index (χ4v) is 2.09. The molecule has 0 saturated carbocycles. The van der Waals surface area contributed by atoms with Gasteiger partial charge in [-0.1, -0.05) is 0 Å². The first-order valence-corrected chi connectivity index (χ1v) is 6.22. The lowest BCUT2D eigenvalue weighted by Crippen LogP contribution is -2.05. The maximum Gasteiger partial charge on any atom is 0.119 e. The molecule has 2 nitrogen and oxygen atoms in total. The lowest BCUT2D eigenvalue weighted by molar-refractivity contribution is 0.242.